The summed E-state index contributed by atoms with van der Waals surface area (Å²) < 4.78 is 42.2. The van der Waals surface area contributed by atoms with Gasteiger partial charge in [-0.15, -0.1) is 0 Å². The highest BCUT2D eigenvalue weighted by atomic mass is 19.4. The van der Waals surface area contributed by atoms with E-state index in [1.54, 1.807) is 19.1 Å². The van der Waals surface area contributed by atoms with Gasteiger partial charge in [0.05, 0.1) is 24.2 Å². The molecule has 0 aliphatic carbocycles. The summed E-state index contributed by atoms with van der Waals surface area (Å²) in [4.78, 5) is 26.6. The normalized spacial score (nSPS) is 12.5. The van der Waals surface area contributed by atoms with E-state index in [1.165, 1.54) is 6.26 Å². The third-order valence-electron chi connectivity index (χ3n) is 2.84. The highest BCUT2D eigenvalue weighted by Crippen LogP contribution is 2.27. The van der Waals surface area contributed by atoms with Crippen LogP contribution in [0.4, 0.5) is 18.9 Å². The van der Waals surface area contributed by atoms with Crippen molar-refractivity contribution in [2.45, 2.75) is 19.1 Å². The molecule has 0 saturated heterocycles. The Balaban J connectivity index is 1.94. The molecule has 0 bridgehead atoms. The molecule has 2 amide bonds. The van der Waals surface area contributed by atoms with Crippen molar-refractivity contribution in [1.29, 1.82) is 0 Å². The number of nitrogens with one attached hydrogen (secondary N) is 2. The van der Waals surface area contributed by atoms with E-state index in [0.29, 0.717) is 11.8 Å². The molecule has 2 heterocycles. The molecule has 2 rings (SSSR count). The van der Waals surface area contributed by atoms with Crippen molar-refractivity contribution >= 4 is 17.5 Å². The lowest BCUT2D eigenvalue weighted by molar-refractivity contribution is -0.141. The summed E-state index contributed by atoms with van der Waals surface area (Å²) in [6.45, 7) is 1.61. The molecule has 23 heavy (non-hydrogen) atoms. The van der Waals surface area contributed by atoms with Gasteiger partial charge in [-0.2, -0.15) is 13.2 Å². The zero-order valence-electron chi connectivity index (χ0n) is 11.8. The van der Waals surface area contributed by atoms with Gasteiger partial charge in [0.15, 0.2) is 0 Å². The van der Waals surface area contributed by atoms with Crippen LogP contribution >= 0.6 is 0 Å². The SMILES string of the molecule is C[C@H](NC(=O)C(=O)Nc1ccc(C(F)(F)F)nc1)c1ccco1. The molecule has 0 aliphatic heterocycles. The van der Waals surface area contributed by atoms with Gasteiger partial charge in [-0.25, -0.2) is 4.98 Å². The quantitative estimate of drug-likeness (QED) is 0.849. The fraction of sp³-hybridized carbons (Fsp3) is 0.214. The number of rotatable bonds is 3. The van der Waals surface area contributed by atoms with E-state index in [2.05, 4.69) is 15.6 Å². The number of carbonyl (C=O) groups is 2. The second-order valence-corrected chi connectivity index (χ2v) is 4.59. The van der Waals surface area contributed by atoms with Gasteiger partial charge in [0, 0.05) is 0 Å². The Morgan fingerprint density at radius 3 is 2.48 bits per heavy atom. The van der Waals surface area contributed by atoms with E-state index < -0.39 is 29.7 Å². The highest BCUT2D eigenvalue weighted by Gasteiger charge is 2.32. The summed E-state index contributed by atoms with van der Waals surface area (Å²) in [5, 5.41) is 4.55. The maximum absolute atomic E-state index is 12.4. The number of amides is 2. The minimum Gasteiger partial charge on any atom is -0.467 e. The second-order valence-electron chi connectivity index (χ2n) is 4.59. The van der Waals surface area contributed by atoms with Gasteiger partial charge in [-0.3, -0.25) is 9.59 Å². The van der Waals surface area contributed by atoms with Gasteiger partial charge in [0.1, 0.15) is 11.5 Å². The first-order chi connectivity index (χ1) is 10.8. The van der Waals surface area contributed by atoms with Gasteiger partial charge >= 0.3 is 18.0 Å². The Morgan fingerprint density at radius 2 is 1.96 bits per heavy atom. The maximum Gasteiger partial charge on any atom is 0.433 e. The van der Waals surface area contributed by atoms with Crippen LogP contribution in [0.15, 0.2) is 41.1 Å². The highest BCUT2D eigenvalue weighted by molar-refractivity contribution is 6.39. The van der Waals surface area contributed by atoms with Crippen LogP contribution < -0.4 is 10.6 Å². The predicted octanol–water partition coefficient (Wildman–Crippen LogP) is 2.51. The first-order valence-corrected chi connectivity index (χ1v) is 6.46. The van der Waals surface area contributed by atoms with Gasteiger partial charge in [-0.05, 0) is 31.2 Å². The van der Waals surface area contributed by atoms with Crippen LogP contribution in [-0.2, 0) is 15.8 Å². The topological polar surface area (TPSA) is 84.2 Å². The van der Waals surface area contributed by atoms with Crippen molar-refractivity contribution in [1.82, 2.24) is 10.3 Å². The van der Waals surface area contributed by atoms with E-state index in [-0.39, 0.29) is 5.69 Å². The number of halogens is 3. The van der Waals surface area contributed by atoms with Crippen LogP contribution in [0, 0.1) is 0 Å². The molecule has 0 spiro atoms. The molecule has 2 aromatic heterocycles. The van der Waals surface area contributed by atoms with Crippen molar-refractivity contribution in [2.75, 3.05) is 5.32 Å². The Hall–Kier alpha value is -2.84. The molecule has 0 radical (unpaired) electrons. The van der Waals surface area contributed by atoms with Gasteiger partial charge in [0.2, 0.25) is 0 Å². The van der Waals surface area contributed by atoms with Gasteiger partial charge in [-0.1, -0.05) is 0 Å². The number of furan rings is 1. The number of hydrogen-bond donors (Lipinski definition) is 2. The lowest BCUT2D eigenvalue weighted by Gasteiger charge is -2.11. The first kappa shape index (κ1) is 16.5. The van der Waals surface area contributed by atoms with E-state index in [1.807, 2.05) is 0 Å². The Bertz CT molecular complexity index is 682. The monoisotopic (exact) mass is 327 g/mol. The summed E-state index contributed by atoms with van der Waals surface area (Å²) in [6, 6.07) is 4.44. The van der Waals surface area contributed by atoms with Crippen molar-refractivity contribution < 1.29 is 27.2 Å². The van der Waals surface area contributed by atoms with Crippen LogP contribution in [0.5, 0.6) is 0 Å². The standard InChI is InChI=1S/C14H12F3N3O3/c1-8(10-3-2-6-23-10)19-12(21)13(22)20-9-4-5-11(18-7-9)14(15,16)17/h2-8H,1H3,(H,19,21)(H,20,22)/t8-/m0/s1. The van der Waals surface area contributed by atoms with Gasteiger partial charge < -0.3 is 15.1 Å². The zero-order chi connectivity index (χ0) is 17.0. The third-order valence-corrected chi connectivity index (χ3v) is 2.84. The predicted molar refractivity (Wildman–Crippen MR) is 73.1 cm³/mol. The van der Waals surface area contributed by atoms with Crippen LogP contribution in [-0.4, -0.2) is 16.8 Å². The summed E-state index contributed by atoms with van der Waals surface area (Å²) >= 11 is 0. The third kappa shape index (κ3) is 4.31. The zero-order valence-corrected chi connectivity index (χ0v) is 11.8. The minimum atomic E-state index is -4.57. The molecule has 0 aromatic carbocycles. The fourth-order valence-corrected chi connectivity index (χ4v) is 1.69. The molecular weight excluding hydrogens is 315 g/mol. The molecule has 122 valence electrons. The molecule has 9 heteroatoms. The molecule has 1 atom stereocenters. The van der Waals surface area contributed by atoms with Crippen molar-refractivity contribution in [3.8, 4) is 0 Å². The second kappa shape index (κ2) is 6.51. The average molecular weight is 327 g/mol. The molecule has 0 fully saturated rings. The van der Waals surface area contributed by atoms with Crippen LogP contribution in [0.1, 0.15) is 24.4 Å². The summed E-state index contributed by atoms with van der Waals surface area (Å²) in [5.74, 6) is -1.51. The smallest absolute Gasteiger partial charge is 0.433 e. The van der Waals surface area contributed by atoms with E-state index in [9.17, 15) is 22.8 Å². The summed E-state index contributed by atoms with van der Waals surface area (Å²) in [7, 11) is 0. The first-order valence-electron chi connectivity index (χ1n) is 6.46. The number of aromatic nitrogens is 1. The maximum atomic E-state index is 12.4. The fourth-order valence-electron chi connectivity index (χ4n) is 1.69. The molecule has 2 N–H and O–H groups in total. The molecule has 0 saturated carbocycles. The van der Waals surface area contributed by atoms with E-state index >= 15 is 0 Å². The Labute approximate surface area is 128 Å². The largest absolute Gasteiger partial charge is 0.467 e. The summed E-state index contributed by atoms with van der Waals surface area (Å²) in [6.07, 6.45) is -2.33. The molecular formula is C14H12F3N3O3. The molecule has 0 aliphatic rings. The Kier molecular flexibility index (Phi) is 4.68. The van der Waals surface area contributed by atoms with Crippen LogP contribution in [0.2, 0.25) is 0 Å². The van der Waals surface area contributed by atoms with Crippen LogP contribution in [0.3, 0.4) is 0 Å². The number of carbonyl (C=O) groups excluding carboxylic acids is 2. The van der Waals surface area contributed by atoms with E-state index in [0.717, 1.165) is 12.3 Å². The lowest BCUT2D eigenvalue weighted by Crippen LogP contribution is -2.36. The number of nitrogens with zero attached hydrogens (tertiary/aromatic N) is 1. The van der Waals surface area contributed by atoms with Crippen molar-refractivity contribution in [3.63, 3.8) is 0 Å². The number of alkyl halides is 3. The number of hydrogen-bond acceptors (Lipinski definition) is 4. The average Bonchev–Trinajstić information content (AvgIpc) is 3.01. The van der Waals surface area contributed by atoms with Crippen molar-refractivity contribution in [2.24, 2.45) is 0 Å². The molecule has 0 unspecified atom stereocenters. The lowest BCUT2D eigenvalue weighted by atomic mass is 10.2. The molecule has 2 aromatic rings. The van der Waals surface area contributed by atoms with Crippen LogP contribution in [0.25, 0.3) is 0 Å². The Morgan fingerprint density at radius 1 is 1.22 bits per heavy atom. The summed E-state index contributed by atoms with van der Waals surface area (Å²) in [5.41, 5.74) is -1.12. The number of anilines is 1. The minimum absolute atomic E-state index is 0.0243. The van der Waals surface area contributed by atoms with E-state index in [4.69, 9.17) is 4.42 Å². The number of pyridine rings is 1. The molecule has 6 nitrogen and oxygen atoms in total. The van der Waals surface area contributed by atoms with Gasteiger partial charge in [0.25, 0.3) is 0 Å². The van der Waals surface area contributed by atoms with Crippen molar-refractivity contribution in [3.05, 3.63) is 48.2 Å².